The fraction of sp³-hybridized carbons (Fsp3) is 0.615. The molecule has 378 valence electrons. The van der Waals surface area contributed by atoms with Crippen molar-refractivity contribution in [2.45, 2.75) is 117 Å². The van der Waals surface area contributed by atoms with Gasteiger partial charge in [0, 0.05) is 73.9 Å². The molecule has 0 aliphatic carbocycles. The highest BCUT2D eigenvalue weighted by molar-refractivity contribution is 7.11. The number of aromatic nitrogens is 9. The van der Waals surface area contributed by atoms with Crippen molar-refractivity contribution in [2.24, 2.45) is 0 Å². The Hall–Kier alpha value is -6.69. The third-order valence-corrected chi connectivity index (χ3v) is 11.6. The Labute approximate surface area is 407 Å². The van der Waals surface area contributed by atoms with E-state index in [4.69, 9.17) is 14.2 Å². The lowest BCUT2D eigenvalue weighted by atomic mass is 10.2. The Kier molecular flexibility index (Phi) is 23.8. The van der Waals surface area contributed by atoms with Gasteiger partial charge in [-0.05, 0) is 59.3 Å². The third-order valence-electron chi connectivity index (χ3n) is 9.72. The molecule has 69 heavy (non-hydrogen) atoms. The molecule has 0 fully saturated rings. The van der Waals surface area contributed by atoms with Crippen molar-refractivity contribution >= 4 is 85.6 Å². The van der Waals surface area contributed by atoms with Crippen molar-refractivity contribution in [1.29, 1.82) is 0 Å². The van der Waals surface area contributed by atoms with Crippen LogP contribution in [-0.4, -0.2) is 118 Å². The van der Waals surface area contributed by atoms with Crippen LogP contribution in [0.25, 0.3) is 0 Å². The summed E-state index contributed by atoms with van der Waals surface area (Å²) in [6.45, 7) is 6.50. The number of hydrogen-bond acceptors (Lipinski definition) is 21. The molecule has 4 heterocycles. The monoisotopic (exact) mass is 1020 g/mol. The summed E-state index contributed by atoms with van der Waals surface area (Å²) in [5.74, 6) is -2.09. The molecule has 0 aromatic carbocycles. The number of carbonyl (C=O) groups excluding carboxylic acids is 6. The predicted octanol–water partition coefficient (Wildman–Crippen LogP) is 3.40. The summed E-state index contributed by atoms with van der Waals surface area (Å²) < 4.78 is 29.1. The molecule has 0 unspecified atom stereocenters. The standard InChI is InChI=1S/C39H57N15O12S3/c1-4-64-31(55)25-28(67-49-46-25)43-34(58)40-19-13-7-10-16-22-52-37(61)53(23-17-11-8-14-20-41-35(59)44-29-26(47-50-68-29)32(56)65-5-2)39(63)54(38(52)62)24-18-12-9-15-21-42-36(60)45-30-27(48-51-69-30)33(57)66-6-3/h4-24H2,1-3H3,(H2,40,43,58)(H2,41,44,59)(H2,42,45,60). The molecule has 0 aliphatic heterocycles. The van der Waals surface area contributed by atoms with Gasteiger partial charge in [-0.2, -0.15) is 0 Å². The van der Waals surface area contributed by atoms with Crippen LogP contribution in [0.1, 0.15) is 129 Å². The van der Waals surface area contributed by atoms with Crippen LogP contribution in [0.3, 0.4) is 0 Å². The Morgan fingerprint density at radius 2 is 0.681 bits per heavy atom. The molecule has 4 aromatic rings. The number of unbranched alkanes of at least 4 members (excludes halogenated alkanes) is 9. The maximum atomic E-state index is 13.7. The topological polar surface area (TPSA) is 346 Å². The molecule has 0 atom stereocenters. The van der Waals surface area contributed by atoms with Gasteiger partial charge in [0.25, 0.3) is 0 Å². The van der Waals surface area contributed by atoms with E-state index in [-0.39, 0.29) is 71.5 Å². The summed E-state index contributed by atoms with van der Waals surface area (Å²) in [5.41, 5.74) is -2.37. The van der Waals surface area contributed by atoms with Crippen LogP contribution in [0.5, 0.6) is 0 Å². The molecule has 0 saturated heterocycles. The molecule has 0 aliphatic rings. The first kappa shape index (κ1) is 54.9. The first-order valence-corrected chi connectivity index (χ1v) is 24.8. The van der Waals surface area contributed by atoms with E-state index in [0.29, 0.717) is 96.7 Å². The lowest BCUT2D eigenvalue weighted by Gasteiger charge is -2.14. The van der Waals surface area contributed by atoms with E-state index >= 15 is 0 Å². The summed E-state index contributed by atoms with van der Waals surface area (Å²) in [4.78, 5) is 114. The number of nitrogens with one attached hydrogen (secondary N) is 6. The molecule has 6 amide bonds. The second-order valence-electron chi connectivity index (χ2n) is 14.7. The Morgan fingerprint density at radius 3 is 0.942 bits per heavy atom. The van der Waals surface area contributed by atoms with Gasteiger partial charge in [-0.3, -0.25) is 16.0 Å². The number of anilines is 3. The summed E-state index contributed by atoms with van der Waals surface area (Å²) in [6.07, 6.45) is 6.88. The molecule has 0 saturated carbocycles. The number of rotatable bonds is 30. The number of esters is 3. The lowest BCUT2D eigenvalue weighted by Crippen LogP contribution is -2.54. The van der Waals surface area contributed by atoms with Gasteiger partial charge in [0.05, 0.1) is 19.8 Å². The highest BCUT2D eigenvalue weighted by Gasteiger charge is 2.22. The summed E-state index contributed by atoms with van der Waals surface area (Å²) in [6, 6.07) is -1.64. The largest absolute Gasteiger partial charge is 0.461 e. The number of urea groups is 3. The lowest BCUT2D eigenvalue weighted by molar-refractivity contribution is 0.0511. The van der Waals surface area contributed by atoms with Crippen LogP contribution in [-0.2, 0) is 33.8 Å². The van der Waals surface area contributed by atoms with E-state index in [9.17, 15) is 43.2 Å². The molecule has 6 N–H and O–H groups in total. The van der Waals surface area contributed by atoms with Gasteiger partial charge in [0.15, 0.2) is 15.0 Å². The summed E-state index contributed by atoms with van der Waals surface area (Å²) in [5, 5.41) is 27.3. The van der Waals surface area contributed by atoms with E-state index in [1.54, 1.807) is 20.8 Å². The van der Waals surface area contributed by atoms with E-state index in [1.165, 1.54) is 0 Å². The maximum absolute atomic E-state index is 13.7. The fourth-order valence-corrected chi connectivity index (χ4v) is 8.03. The zero-order chi connectivity index (χ0) is 50.0. The molecule has 0 radical (unpaired) electrons. The zero-order valence-corrected chi connectivity index (χ0v) is 40.9. The molecule has 0 spiro atoms. The summed E-state index contributed by atoms with van der Waals surface area (Å²) >= 11 is 2.53. The van der Waals surface area contributed by atoms with Crippen LogP contribution >= 0.6 is 34.6 Å². The minimum atomic E-state index is -0.703. The van der Waals surface area contributed by atoms with E-state index in [2.05, 4.69) is 60.7 Å². The van der Waals surface area contributed by atoms with Gasteiger partial charge < -0.3 is 30.2 Å². The van der Waals surface area contributed by atoms with Gasteiger partial charge in [-0.25, -0.2) is 56.9 Å². The highest BCUT2D eigenvalue weighted by atomic mass is 32.1. The molecule has 27 nitrogen and oxygen atoms in total. The first-order valence-electron chi connectivity index (χ1n) is 22.5. The van der Waals surface area contributed by atoms with Crippen LogP contribution in [0.4, 0.5) is 29.4 Å². The number of hydrogen-bond donors (Lipinski definition) is 6. The van der Waals surface area contributed by atoms with E-state index in [1.807, 2.05) is 0 Å². The first-order chi connectivity index (χ1) is 33.4. The van der Waals surface area contributed by atoms with Gasteiger partial charge >= 0.3 is 53.1 Å². The average molecular weight is 1020 g/mol. The van der Waals surface area contributed by atoms with Crippen molar-refractivity contribution in [2.75, 3.05) is 55.4 Å². The number of nitrogens with zero attached hydrogens (tertiary/aromatic N) is 9. The maximum Gasteiger partial charge on any atom is 0.362 e. The third kappa shape index (κ3) is 17.7. The number of amides is 6. The Balaban J connectivity index is 1.26. The van der Waals surface area contributed by atoms with Crippen LogP contribution < -0.4 is 49.0 Å². The SMILES string of the molecule is CCOC(=O)c1nnsc1NC(=O)NCCCCCCn1c(=O)n(CCCCCCNC(=O)Nc2snnc2C(=O)OCC)c(=O)n(CCCCCCNC(=O)Nc2snnc2C(=O)OCC)c1=O. The van der Waals surface area contributed by atoms with Gasteiger partial charge in [0.2, 0.25) is 17.1 Å². The summed E-state index contributed by atoms with van der Waals surface area (Å²) in [7, 11) is 0. The quantitative estimate of drug-likeness (QED) is 0.0248. The predicted molar refractivity (Wildman–Crippen MR) is 253 cm³/mol. The van der Waals surface area contributed by atoms with Crippen molar-refractivity contribution in [3.05, 3.63) is 48.5 Å². The van der Waals surface area contributed by atoms with Crippen molar-refractivity contribution in [1.82, 2.24) is 58.4 Å². The molecule has 4 aromatic heterocycles. The minimum Gasteiger partial charge on any atom is -0.461 e. The second-order valence-corrected chi connectivity index (χ2v) is 17.0. The molecular formula is C39H57N15O12S3. The smallest absolute Gasteiger partial charge is 0.362 e. The van der Waals surface area contributed by atoms with Crippen LogP contribution in [0, 0.1) is 0 Å². The Bertz CT molecular complexity index is 2200. The van der Waals surface area contributed by atoms with E-state index < -0.39 is 53.1 Å². The number of carbonyl (C=O) groups is 6. The molecule has 0 bridgehead atoms. The zero-order valence-electron chi connectivity index (χ0n) is 38.5. The average Bonchev–Trinajstić information content (AvgIpc) is 4.11. The molecule has 30 heteroatoms. The van der Waals surface area contributed by atoms with Crippen LogP contribution in [0.15, 0.2) is 14.4 Å². The highest BCUT2D eigenvalue weighted by Crippen LogP contribution is 2.20. The van der Waals surface area contributed by atoms with Crippen molar-refractivity contribution in [3.63, 3.8) is 0 Å². The Morgan fingerprint density at radius 1 is 0.420 bits per heavy atom. The minimum absolute atomic E-state index is 0.0695. The van der Waals surface area contributed by atoms with Gasteiger partial charge in [-0.15, -0.1) is 15.3 Å². The van der Waals surface area contributed by atoms with E-state index in [0.717, 1.165) is 48.3 Å². The molecule has 4 rings (SSSR count). The van der Waals surface area contributed by atoms with Crippen molar-refractivity contribution < 1.29 is 43.0 Å². The van der Waals surface area contributed by atoms with Gasteiger partial charge in [-0.1, -0.05) is 52.0 Å². The molecular weight excluding hydrogens is 967 g/mol. The number of ether oxygens (including phenoxy) is 3. The second kappa shape index (κ2) is 29.9. The van der Waals surface area contributed by atoms with Crippen LogP contribution in [0.2, 0.25) is 0 Å². The van der Waals surface area contributed by atoms with Crippen molar-refractivity contribution in [3.8, 4) is 0 Å². The normalized spacial score (nSPS) is 10.8. The fourth-order valence-electron chi connectivity index (χ4n) is 6.37. The van der Waals surface area contributed by atoms with Gasteiger partial charge in [0.1, 0.15) is 0 Å².